The van der Waals surface area contributed by atoms with Gasteiger partial charge in [0.25, 0.3) is 0 Å². The van der Waals surface area contributed by atoms with Crippen LogP contribution in [0.3, 0.4) is 0 Å². The van der Waals surface area contributed by atoms with Crippen LogP contribution in [-0.4, -0.2) is 36.4 Å². The minimum absolute atomic E-state index is 0.415. The van der Waals surface area contributed by atoms with E-state index in [0.29, 0.717) is 11.6 Å². The Balaban J connectivity index is 1.58. The van der Waals surface area contributed by atoms with Crippen LogP contribution in [0.25, 0.3) is 0 Å². The second-order valence-corrected chi connectivity index (χ2v) is 9.67. The smallest absolute Gasteiger partial charge is 0.300 e. The molecule has 1 saturated carbocycles. The zero-order chi connectivity index (χ0) is 25.6. The molecule has 2 aromatic carbocycles. The number of hydrogen-bond donors (Lipinski definition) is 0. The molecule has 0 heterocycles. The van der Waals surface area contributed by atoms with Gasteiger partial charge >= 0.3 is 12.4 Å². The van der Waals surface area contributed by atoms with Gasteiger partial charge in [-0.15, -0.1) is 0 Å². The average Bonchev–Trinajstić information content (AvgIpc) is 3.29. The molecule has 35 heavy (non-hydrogen) atoms. The molecular formula is C28H35F6N. The largest absolute Gasteiger partial charge is 0.392 e. The molecule has 0 aromatic heterocycles. The number of benzene rings is 2. The first kappa shape index (κ1) is 27.6. The molecule has 3 atom stereocenters. The quantitative estimate of drug-likeness (QED) is 0.298. The average molecular weight is 500 g/mol. The fourth-order valence-corrected chi connectivity index (χ4v) is 5.48. The van der Waals surface area contributed by atoms with Gasteiger partial charge in [-0.25, -0.2) is 0 Å². The zero-order valence-corrected chi connectivity index (χ0v) is 20.4. The number of likely N-dealkylation sites (N-methyl/N-ethyl adjacent to an activating group) is 1. The molecular weight excluding hydrogens is 464 g/mol. The normalized spacial score (nSPS) is 22.0. The van der Waals surface area contributed by atoms with Crippen molar-refractivity contribution in [3.05, 3.63) is 71.3 Å². The van der Waals surface area contributed by atoms with Gasteiger partial charge in [0.05, 0.1) is 11.8 Å². The number of nitrogens with zero attached hydrogens (tertiary/aromatic N) is 1. The summed E-state index contributed by atoms with van der Waals surface area (Å²) in [5.74, 6) is -5.37. The molecule has 0 radical (unpaired) electrons. The summed E-state index contributed by atoms with van der Waals surface area (Å²) in [4.78, 5) is 2.48. The first-order valence-electron chi connectivity index (χ1n) is 12.5. The fourth-order valence-electron chi connectivity index (χ4n) is 5.48. The van der Waals surface area contributed by atoms with Gasteiger partial charge in [-0.1, -0.05) is 68.4 Å². The van der Waals surface area contributed by atoms with Crippen molar-refractivity contribution < 1.29 is 26.3 Å². The van der Waals surface area contributed by atoms with Gasteiger partial charge in [-0.05, 0) is 67.7 Å². The summed E-state index contributed by atoms with van der Waals surface area (Å²) in [6.07, 6.45) is -6.91. The van der Waals surface area contributed by atoms with Gasteiger partial charge in [0.1, 0.15) is 0 Å². The SMILES string of the molecule is CCC(CCc1ccc(C2CC(C(F)(F)F)C(C(F)(F)F)C2)cc1)N(CC)CCc1ccccc1. The summed E-state index contributed by atoms with van der Waals surface area (Å²) in [7, 11) is 0. The fraction of sp³-hybridized carbons (Fsp3) is 0.571. The van der Waals surface area contributed by atoms with Crippen molar-refractivity contribution in [3.63, 3.8) is 0 Å². The Hall–Kier alpha value is -2.02. The van der Waals surface area contributed by atoms with Gasteiger partial charge in [0.15, 0.2) is 0 Å². The number of alkyl halides is 6. The van der Waals surface area contributed by atoms with Gasteiger partial charge in [-0.3, -0.25) is 0 Å². The van der Waals surface area contributed by atoms with E-state index in [0.717, 1.165) is 44.3 Å². The molecule has 1 aliphatic rings. The number of hydrogen-bond acceptors (Lipinski definition) is 1. The Morgan fingerprint density at radius 3 is 1.80 bits per heavy atom. The minimum Gasteiger partial charge on any atom is -0.300 e. The monoisotopic (exact) mass is 499 g/mol. The summed E-state index contributed by atoms with van der Waals surface area (Å²) in [6, 6.07) is 18.0. The highest BCUT2D eigenvalue weighted by molar-refractivity contribution is 5.27. The van der Waals surface area contributed by atoms with Gasteiger partial charge in [-0.2, -0.15) is 26.3 Å². The predicted octanol–water partition coefficient (Wildman–Crippen LogP) is 8.20. The van der Waals surface area contributed by atoms with Crippen molar-refractivity contribution in [2.75, 3.05) is 13.1 Å². The molecule has 0 bridgehead atoms. The highest BCUT2D eigenvalue weighted by atomic mass is 19.4. The van der Waals surface area contributed by atoms with E-state index in [-0.39, 0.29) is 0 Å². The molecule has 3 rings (SSSR count). The minimum atomic E-state index is -4.84. The van der Waals surface area contributed by atoms with Crippen LogP contribution in [0.4, 0.5) is 26.3 Å². The molecule has 0 spiro atoms. The summed E-state index contributed by atoms with van der Waals surface area (Å²) < 4.78 is 79.5. The van der Waals surface area contributed by atoms with E-state index in [1.165, 1.54) is 5.56 Å². The van der Waals surface area contributed by atoms with E-state index < -0.39 is 42.9 Å². The highest BCUT2D eigenvalue weighted by Crippen LogP contribution is 2.54. The van der Waals surface area contributed by atoms with Crippen LogP contribution in [0.2, 0.25) is 0 Å². The third-order valence-corrected chi connectivity index (χ3v) is 7.55. The lowest BCUT2D eigenvalue weighted by atomic mass is 9.94. The van der Waals surface area contributed by atoms with E-state index in [2.05, 4.69) is 30.9 Å². The molecule has 0 saturated heterocycles. The van der Waals surface area contributed by atoms with E-state index >= 15 is 0 Å². The third-order valence-electron chi connectivity index (χ3n) is 7.55. The Kier molecular flexibility index (Phi) is 9.30. The van der Waals surface area contributed by atoms with E-state index in [1.54, 1.807) is 12.1 Å². The van der Waals surface area contributed by atoms with Crippen molar-refractivity contribution in [2.24, 2.45) is 11.8 Å². The van der Waals surface area contributed by atoms with Crippen molar-refractivity contribution in [1.29, 1.82) is 0 Å². The summed E-state index contributed by atoms with van der Waals surface area (Å²) in [5, 5.41) is 0. The highest BCUT2D eigenvalue weighted by Gasteiger charge is 2.59. The Morgan fingerprint density at radius 2 is 1.31 bits per heavy atom. The molecule has 1 aliphatic carbocycles. The lowest BCUT2D eigenvalue weighted by Gasteiger charge is -2.30. The van der Waals surface area contributed by atoms with Crippen LogP contribution in [0, 0.1) is 11.8 Å². The molecule has 1 fully saturated rings. The van der Waals surface area contributed by atoms with Crippen molar-refractivity contribution in [2.45, 2.75) is 76.7 Å². The molecule has 0 amide bonds. The van der Waals surface area contributed by atoms with Crippen LogP contribution < -0.4 is 0 Å². The van der Waals surface area contributed by atoms with Crippen molar-refractivity contribution in [1.82, 2.24) is 4.90 Å². The van der Waals surface area contributed by atoms with Crippen LogP contribution in [0.15, 0.2) is 54.6 Å². The zero-order valence-electron chi connectivity index (χ0n) is 20.4. The maximum absolute atomic E-state index is 13.2. The molecule has 1 nitrogen and oxygen atoms in total. The maximum atomic E-state index is 13.2. The lowest BCUT2D eigenvalue weighted by molar-refractivity contribution is -0.245. The van der Waals surface area contributed by atoms with Crippen LogP contribution in [-0.2, 0) is 12.8 Å². The number of aryl methyl sites for hydroxylation is 1. The van der Waals surface area contributed by atoms with Crippen LogP contribution in [0.1, 0.15) is 62.1 Å². The second-order valence-electron chi connectivity index (χ2n) is 9.67. The first-order chi connectivity index (χ1) is 16.5. The summed E-state index contributed by atoms with van der Waals surface area (Å²) >= 11 is 0. The van der Waals surface area contributed by atoms with Crippen LogP contribution >= 0.6 is 0 Å². The van der Waals surface area contributed by atoms with Crippen LogP contribution in [0.5, 0.6) is 0 Å². The Morgan fingerprint density at radius 1 is 0.771 bits per heavy atom. The molecule has 7 heteroatoms. The number of rotatable bonds is 10. The lowest BCUT2D eigenvalue weighted by Crippen LogP contribution is -2.36. The molecule has 194 valence electrons. The summed E-state index contributed by atoms with van der Waals surface area (Å²) in [5.41, 5.74) is 2.94. The molecule has 2 aromatic rings. The van der Waals surface area contributed by atoms with E-state index in [4.69, 9.17) is 0 Å². The number of halogens is 6. The topological polar surface area (TPSA) is 3.24 Å². The maximum Gasteiger partial charge on any atom is 0.392 e. The first-order valence-corrected chi connectivity index (χ1v) is 12.5. The van der Waals surface area contributed by atoms with E-state index in [9.17, 15) is 26.3 Å². The van der Waals surface area contributed by atoms with Crippen molar-refractivity contribution >= 4 is 0 Å². The van der Waals surface area contributed by atoms with E-state index in [1.807, 2.05) is 30.3 Å². The van der Waals surface area contributed by atoms with Gasteiger partial charge in [0.2, 0.25) is 0 Å². The summed E-state index contributed by atoms with van der Waals surface area (Å²) in [6.45, 7) is 6.26. The molecule has 0 aliphatic heterocycles. The standard InChI is InChI=1S/C28H35F6N/c1-3-24(35(4-2)17-16-20-8-6-5-7-9-20)15-12-21-10-13-22(14-11-21)23-18-25(27(29,30)31)26(19-23)28(32,33)34/h5-11,13-14,23-26H,3-4,12,15-19H2,1-2H3. The van der Waals surface area contributed by atoms with Gasteiger partial charge in [0, 0.05) is 12.6 Å². The van der Waals surface area contributed by atoms with Gasteiger partial charge < -0.3 is 4.90 Å². The van der Waals surface area contributed by atoms with Crippen molar-refractivity contribution in [3.8, 4) is 0 Å². The molecule has 0 N–H and O–H groups in total. The Labute approximate surface area is 204 Å². The molecule has 3 unspecified atom stereocenters. The predicted molar refractivity (Wildman–Crippen MR) is 127 cm³/mol. The Bertz CT molecular complexity index is 868. The second kappa shape index (κ2) is 11.8. The third kappa shape index (κ3) is 7.48.